The van der Waals surface area contributed by atoms with E-state index in [1.165, 1.54) is 5.57 Å². The van der Waals surface area contributed by atoms with Crippen LogP contribution >= 0.6 is 0 Å². The Morgan fingerprint density at radius 1 is 1.53 bits per heavy atom. The van der Waals surface area contributed by atoms with Gasteiger partial charge >= 0.3 is 0 Å². The standard InChI is InChI=1S/C14H24FNO/c1-10(16-9-14(3,4)15)8-12-6-5-7-13(17)11(12)2/h7,10,16-17H,5-6,8-9H2,1-4H3. The summed E-state index contributed by atoms with van der Waals surface area (Å²) in [6.07, 6.45) is 4.64. The van der Waals surface area contributed by atoms with E-state index in [2.05, 4.69) is 12.2 Å². The molecule has 17 heavy (non-hydrogen) atoms. The van der Waals surface area contributed by atoms with Gasteiger partial charge in [-0.1, -0.05) is 5.57 Å². The van der Waals surface area contributed by atoms with Gasteiger partial charge in [-0.05, 0) is 58.6 Å². The van der Waals surface area contributed by atoms with Crippen LogP contribution in [-0.2, 0) is 0 Å². The molecule has 98 valence electrons. The molecule has 2 nitrogen and oxygen atoms in total. The van der Waals surface area contributed by atoms with E-state index in [9.17, 15) is 9.50 Å². The molecule has 0 aliphatic heterocycles. The predicted molar refractivity (Wildman–Crippen MR) is 69.9 cm³/mol. The van der Waals surface area contributed by atoms with Crippen molar-refractivity contribution in [2.75, 3.05) is 6.54 Å². The lowest BCUT2D eigenvalue weighted by molar-refractivity contribution is 0.204. The summed E-state index contributed by atoms with van der Waals surface area (Å²) in [5.41, 5.74) is 1.10. The van der Waals surface area contributed by atoms with Crippen LogP contribution in [0.4, 0.5) is 4.39 Å². The van der Waals surface area contributed by atoms with Crippen LogP contribution in [0, 0.1) is 0 Å². The van der Waals surface area contributed by atoms with Gasteiger partial charge < -0.3 is 10.4 Å². The fourth-order valence-corrected chi connectivity index (χ4v) is 2.02. The van der Waals surface area contributed by atoms with Gasteiger partial charge in [0.15, 0.2) is 0 Å². The van der Waals surface area contributed by atoms with Crippen LogP contribution in [-0.4, -0.2) is 23.4 Å². The number of nitrogens with one attached hydrogen (secondary N) is 1. The van der Waals surface area contributed by atoms with Crippen molar-refractivity contribution in [3.8, 4) is 0 Å². The second-order valence-electron chi connectivity index (χ2n) is 5.56. The number of aliphatic hydroxyl groups is 1. The molecule has 0 heterocycles. The molecule has 3 heteroatoms. The monoisotopic (exact) mass is 241 g/mol. The van der Waals surface area contributed by atoms with Crippen molar-refractivity contribution in [3.63, 3.8) is 0 Å². The largest absolute Gasteiger partial charge is 0.508 e. The highest BCUT2D eigenvalue weighted by atomic mass is 19.1. The summed E-state index contributed by atoms with van der Waals surface area (Å²) in [6.45, 7) is 7.52. The van der Waals surface area contributed by atoms with E-state index in [0.717, 1.165) is 24.8 Å². The molecule has 0 aromatic heterocycles. The average molecular weight is 241 g/mol. The van der Waals surface area contributed by atoms with Crippen molar-refractivity contribution in [2.45, 2.75) is 58.7 Å². The van der Waals surface area contributed by atoms with Gasteiger partial charge in [0.1, 0.15) is 11.4 Å². The molecular weight excluding hydrogens is 217 g/mol. The summed E-state index contributed by atoms with van der Waals surface area (Å²) in [4.78, 5) is 0. The second-order valence-corrected chi connectivity index (χ2v) is 5.56. The minimum atomic E-state index is -1.17. The van der Waals surface area contributed by atoms with Crippen LogP contribution in [0.3, 0.4) is 0 Å². The van der Waals surface area contributed by atoms with E-state index in [-0.39, 0.29) is 6.04 Å². The highest BCUT2D eigenvalue weighted by Gasteiger charge is 2.18. The normalized spacial score (nSPS) is 19.2. The minimum Gasteiger partial charge on any atom is -0.508 e. The van der Waals surface area contributed by atoms with Crippen LogP contribution in [0.2, 0.25) is 0 Å². The van der Waals surface area contributed by atoms with E-state index in [1.54, 1.807) is 13.8 Å². The van der Waals surface area contributed by atoms with Gasteiger partial charge in [0.2, 0.25) is 0 Å². The quantitative estimate of drug-likeness (QED) is 0.770. The molecule has 0 bridgehead atoms. The van der Waals surface area contributed by atoms with Crippen molar-refractivity contribution in [2.24, 2.45) is 0 Å². The zero-order valence-corrected chi connectivity index (χ0v) is 11.3. The Morgan fingerprint density at radius 3 is 2.76 bits per heavy atom. The fourth-order valence-electron chi connectivity index (χ4n) is 2.02. The lowest BCUT2D eigenvalue weighted by Gasteiger charge is -2.23. The molecule has 2 N–H and O–H groups in total. The first-order valence-corrected chi connectivity index (χ1v) is 6.30. The molecular formula is C14H24FNO. The SMILES string of the molecule is CC1=C(CC(C)NCC(C)(C)F)CCC=C1O. The zero-order chi connectivity index (χ0) is 13.1. The molecule has 0 saturated carbocycles. The topological polar surface area (TPSA) is 32.3 Å². The number of aliphatic hydroxyl groups excluding tert-OH is 1. The van der Waals surface area contributed by atoms with Gasteiger partial charge in [-0.25, -0.2) is 4.39 Å². The molecule has 0 aromatic carbocycles. The van der Waals surface area contributed by atoms with E-state index in [1.807, 2.05) is 13.0 Å². The third-order valence-electron chi connectivity index (χ3n) is 3.12. The number of hydrogen-bond acceptors (Lipinski definition) is 2. The van der Waals surface area contributed by atoms with Crippen LogP contribution in [0.5, 0.6) is 0 Å². The maximum Gasteiger partial charge on any atom is 0.117 e. The molecule has 1 aliphatic carbocycles. The Balaban J connectivity index is 2.49. The Labute approximate surface area is 104 Å². The Morgan fingerprint density at radius 2 is 2.18 bits per heavy atom. The summed E-state index contributed by atoms with van der Waals surface area (Å²) in [7, 11) is 0. The molecule has 1 atom stereocenters. The van der Waals surface area contributed by atoms with E-state index < -0.39 is 5.67 Å². The van der Waals surface area contributed by atoms with Crippen molar-refractivity contribution < 1.29 is 9.50 Å². The van der Waals surface area contributed by atoms with Gasteiger partial charge in [0, 0.05) is 12.6 Å². The van der Waals surface area contributed by atoms with Crippen molar-refractivity contribution >= 4 is 0 Å². The summed E-state index contributed by atoms with van der Waals surface area (Å²) >= 11 is 0. The van der Waals surface area contributed by atoms with Gasteiger partial charge in [-0.15, -0.1) is 0 Å². The summed E-state index contributed by atoms with van der Waals surface area (Å²) < 4.78 is 13.3. The summed E-state index contributed by atoms with van der Waals surface area (Å²) in [6, 6.07) is 0.237. The Hall–Kier alpha value is -0.830. The van der Waals surface area contributed by atoms with E-state index in [4.69, 9.17) is 0 Å². The zero-order valence-electron chi connectivity index (χ0n) is 11.3. The van der Waals surface area contributed by atoms with Gasteiger partial charge in [-0.3, -0.25) is 0 Å². The van der Waals surface area contributed by atoms with Crippen LogP contribution in [0.25, 0.3) is 0 Å². The first-order valence-electron chi connectivity index (χ1n) is 6.30. The first kappa shape index (κ1) is 14.2. The number of rotatable bonds is 5. The number of alkyl halides is 1. The first-order chi connectivity index (χ1) is 7.79. The van der Waals surface area contributed by atoms with Crippen molar-refractivity contribution in [3.05, 3.63) is 23.0 Å². The highest BCUT2D eigenvalue weighted by molar-refractivity contribution is 5.32. The molecule has 1 rings (SSSR count). The molecule has 0 radical (unpaired) electrons. The molecule has 0 aromatic rings. The second kappa shape index (κ2) is 5.67. The third kappa shape index (κ3) is 4.90. The maximum absolute atomic E-state index is 13.3. The Kier molecular flexibility index (Phi) is 4.75. The number of allylic oxidation sites excluding steroid dienone is 2. The number of hydrogen-bond donors (Lipinski definition) is 2. The van der Waals surface area contributed by atoms with E-state index in [0.29, 0.717) is 12.3 Å². The van der Waals surface area contributed by atoms with Gasteiger partial charge in [0.05, 0.1) is 0 Å². The molecule has 1 aliphatic rings. The minimum absolute atomic E-state index is 0.237. The van der Waals surface area contributed by atoms with Crippen LogP contribution in [0.15, 0.2) is 23.0 Å². The number of halogens is 1. The average Bonchev–Trinajstić information content (AvgIpc) is 2.21. The summed E-state index contributed by atoms with van der Waals surface area (Å²) in [5, 5.41) is 12.8. The molecule has 1 unspecified atom stereocenters. The van der Waals surface area contributed by atoms with E-state index >= 15 is 0 Å². The molecule has 0 saturated heterocycles. The van der Waals surface area contributed by atoms with Crippen molar-refractivity contribution in [1.29, 1.82) is 0 Å². The molecule has 0 amide bonds. The van der Waals surface area contributed by atoms with Crippen LogP contribution in [0.1, 0.15) is 47.0 Å². The third-order valence-corrected chi connectivity index (χ3v) is 3.12. The van der Waals surface area contributed by atoms with Gasteiger partial charge in [0.25, 0.3) is 0 Å². The summed E-state index contributed by atoms with van der Waals surface area (Å²) in [5.74, 6) is 0.407. The maximum atomic E-state index is 13.3. The predicted octanol–water partition coefficient (Wildman–Crippen LogP) is 3.65. The smallest absolute Gasteiger partial charge is 0.117 e. The fraction of sp³-hybridized carbons (Fsp3) is 0.714. The lowest BCUT2D eigenvalue weighted by Crippen LogP contribution is -2.37. The lowest BCUT2D eigenvalue weighted by atomic mass is 9.92. The highest BCUT2D eigenvalue weighted by Crippen LogP contribution is 2.26. The molecule has 0 spiro atoms. The molecule has 0 fully saturated rings. The van der Waals surface area contributed by atoms with Crippen molar-refractivity contribution in [1.82, 2.24) is 5.32 Å². The van der Waals surface area contributed by atoms with Gasteiger partial charge in [-0.2, -0.15) is 0 Å². The Bertz CT molecular complexity index is 326. The van der Waals surface area contributed by atoms with Crippen LogP contribution < -0.4 is 5.32 Å².